The van der Waals surface area contributed by atoms with Gasteiger partial charge >= 0.3 is 6.09 Å². The van der Waals surface area contributed by atoms with Gasteiger partial charge in [0.25, 0.3) is 0 Å². The minimum atomic E-state index is -0.614. The highest BCUT2D eigenvalue weighted by Gasteiger charge is 2.38. The van der Waals surface area contributed by atoms with Gasteiger partial charge in [0.1, 0.15) is 23.5 Å². The van der Waals surface area contributed by atoms with Crippen LogP contribution in [0.25, 0.3) is 11.1 Å². The number of ether oxygens (including phenoxy) is 1. The smallest absolute Gasteiger partial charge is 0.410 e. The van der Waals surface area contributed by atoms with Crippen molar-refractivity contribution in [1.82, 2.24) is 10.2 Å². The zero-order valence-electron chi connectivity index (χ0n) is 20.4. The second-order valence-electron chi connectivity index (χ2n) is 10.1. The maximum absolute atomic E-state index is 13.3. The molecule has 0 radical (unpaired) electrons. The molecule has 0 saturated carbocycles. The summed E-state index contributed by atoms with van der Waals surface area (Å²) in [5.74, 6) is -0.463. The number of hydrogen-bond donors (Lipinski definition) is 1. The first-order valence-electron chi connectivity index (χ1n) is 12.0. The summed E-state index contributed by atoms with van der Waals surface area (Å²) >= 11 is 0. The van der Waals surface area contributed by atoms with E-state index in [-0.39, 0.29) is 17.8 Å². The van der Waals surface area contributed by atoms with Crippen LogP contribution in [0.5, 0.6) is 0 Å². The summed E-state index contributed by atoms with van der Waals surface area (Å²) < 4.78 is 18.7. The third-order valence-electron chi connectivity index (χ3n) is 6.35. The van der Waals surface area contributed by atoms with Gasteiger partial charge in [-0.1, -0.05) is 18.2 Å². The molecule has 2 aliphatic rings. The van der Waals surface area contributed by atoms with E-state index in [0.29, 0.717) is 31.6 Å². The standard InChI is InChI=1S/C27H31FN4O3/c1-27(2,3)35-26(34)32-13-4-5-24(32)25(33)30-22-12-14-31(17-22)23-11-8-19(15-20(23)16-29)18-6-9-21(28)10-7-18/h6-11,15,22,24H,4-5,12-14,17H2,1-3H3,(H,30,33)/t22-,24?/m0/s1. The van der Waals surface area contributed by atoms with Gasteiger partial charge in [-0.3, -0.25) is 9.69 Å². The minimum absolute atomic E-state index is 0.0769. The molecule has 7 nitrogen and oxygen atoms in total. The van der Waals surface area contributed by atoms with Crippen molar-refractivity contribution in [3.63, 3.8) is 0 Å². The van der Waals surface area contributed by atoms with Crippen LogP contribution < -0.4 is 10.2 Å². The number of carbonyl (C=O) groups excluding carboxylic acids is 2. The fourth-order valence-electron chi connectivity index (χ4n) is 4.70. The maximum Gasteiger partial charge on any atom is 0.410 e. The zero-order chi connectivity index (χ0) is 25.2. The zero-order valence-corrected chi connectivity index (χ0v) is 20.4. The second-order valence-corrected chi connectivity index (χ2v) is 10.1. The molecule has 35 heavy (non-hydrogen) atoms. The van der Waals surface area contributed by atoms with Crippen LogP contribution >= 0.6 is 0 Å². The van der Waals surface area contributed by atoms with Gasteiger partial charge < -0.3 is 15.0 Å². The number of hydrogen-bond acceptors (Lipinski definition) is 5. The van der Waals surface area contributed by atoms with Crippen molar-refractivity contribution in [2.24, 2.45) is 0 Å². The Hall–Kier alpha value is -3.60. The van der Waals surface area contributed by atoms with Crippen molar-refractivity contribution in [1.29, 1.82) is 5.26 Å². The molecule has 8 heteroatoms. The molecule has 0 aromatic heterocycles. The third-order valence-corrected chi connectivity index (χ3v) is 6.35. The lowest BCUT2D eigenvalue weighted by Crippen LogP contribution is -2.50. The van der Waals surface area contributed by atoms with Crippen molar-refractivity contribution in [2.45, 2.75) is 57.7 Å². The van der Waals surface area contributed by atoms with E-state index in [9.17, 15) is 19.2 Å². The van der Waals surface area contributed by atoms with Crippen LogP contribution in [0.4, 0.5) is 14.9 Å². The van der Waals surface area contributed by atoms with E-state index in [0.717, 1.165) is 29.7 Å². The highest BCUT2D eigenvalue weighted by atomic mass is 19.1. The van der Waals surface area contributed by atoms with Gasteiger partial charge in [0.2, 0.25) is 5.91 Å². The van der Waals surface area contributed by atoms with Crippen LogP contribution in [-0.4, -0.2) is 54.2 Å². The highest BCUT2D eigenvalue weighted by molar-refractivity contribution is 5.86. The Bertz CT molecular complexity index is 1140. The van der Waals surface area contributed by atoms with E-state index in [1.807, 2.05) is 39.0 Å². The average molecular weight is 479 g/mol. The number of anilines is 1. The molecule has 184 valence electrons. The molecule has 0 bridgehead atoms. The summed E-state index contributed by atoms with van der Waals surface area (Å²) in [5.41, 5.74) is 2.42. The second kappa shape index (κ2) is 9.95. The van der Waals surface area contributed by atoms with E-state index in [1.165, 1.54) is 17.0 Å². The quantitative estimate of drug-likeness (QED) is 0.701. The van der Waals surface area contributed by atoms with Crippen LogP contribution in [0, 0.1) is 17.1 Å². The first-order chi connectivity index (χ1) is 16.6. The number of halogens is 1. The number of nitriles is 1. The molecule has 2 atom stereocenters. The molecule has 0 aliphatic carbocycles. The monoisotopic (exact) mass is 478 g/mol. The van der Waals surface area contributed by atoms with Crippen molar-refractivity contribution >= 4 is 17.7 Å². The van der Waals surface area contributed by atoms with E-state index >= 15 is 0 Å². The number of likely N-dealkylation sites (tertiary alicyclic amines) is 1. The molecule has 0 spiro atoms. The fraction of sp³-hybridized carbons (Fsp3) is 0.444. The van der Waals surface area contributed by atoms with Crippen molar-refractivity contribution in [3.8, 4) is 17.2 Å². The summed E-state index contributed by atoms with van der Waals surface area (Å²) in [4.78, 5) is 29.2. The number of carbonyl (C=O) groups is 2. The van der Waals surface area contributed by atoms with Gasteiger partial charge in [0.05, 0.1) is 11.3 Å². The molecule has 2 heterocycles. The molecular formula is C27H31FN4O3. The van der Waals surface area contributed by atoms with Crippen LogP contribution in [-0.2, 0) is 9.53 Å². The maximum atomic E-state index is 13.3. The van der Waals surface area contributed by atoms with Crippen molar-refractivity contribution in [2.75, 3.05) is 24.5 Å². The molecule has 2 amide bonds. The normalized spacial score (nSPS) is 20.0. The SMILES string of the molecule is CC(C)(C)OC(=O)N1CCCC1C(=O)N[C@H]1CCN(c2ccc(-c3ccc(F)cc3)cc2C#N)C1. The predicted molar refractivity (Wildman–Crippen MR) is 131 cm³/mol. The van der Waals surface area contributed by atoms with E-state index in [4.69, 9.17) is 4.74 Å². The molecule has 2 saturated heterocycles. The Kier molecular flexibility index (Phi) is 6.97. The number of nitrogens with zero attached hydrogens (tertiary/aromatic N) is 3. The Morgan fingerprint density at radius 1 is 1.09 bits per heavy atom. The van der Waals surface area contributed by atoms with Crippen LogP contribution in [0.3, 0.4) is 0 Å². The lowest BCUT2D eigenvalue weighted by atomic mass is 10.0. The largest absolute Gasteiger partial charge is 0.444 e. The third kappa shape index (κ3) is 5.73. The Morgan fingerprint density at radius 3 is 2.49 bits per heavy atom. The topological polar surface area (TPSA) is 85.7 Å². The van der Waals surface area contributed by atoms with Gasteiger partial charge in [-0.05, 0) is 75.4 Å². The molecule has 2 aromatic rings. The summed E-state index contributed by atoms with van der Waals surface area (Å²) in [6.07, 6.45) is 1.67. The van der Waals surface area contributed by atoms with Crippen LogP contribution in [0.2, 0.25) is 0 Å². The highest BCUT2D eigenvalue weighted by Crippen LogP contribution is 2.30. The molecule has 2 aliphatic heterocycles. The average Bonchev–Trinajstić information content (AvgIpc) is 3.48. The molecular weight excluding hydrogens is 447 g/mol. The van der Waals surface area contributed by atoms with Crippen molar-refractivity contribution in [3.05, 3.63) is 53.8 Å². The Morgan fingerprint density at radius 2 is 1.80 bits per heavy atom. The summed E-state index contributed by atoms with van der Waals surface area (Å²) in [5, 5.41) is 12.9. The van der Waals surface area contributed by atoms with Crippen molar-refractivity contribution < 1.29 is 18.7 Å². The van der Waals surface area contributed by atoms with Gasteiger partial charge in [-0.25, -0.2) is 9.18 Å². The number of amides is 2. The van der Waals surface area contributed by atoms with E-state index in [2.05, 4.69) is 16.3 Å². The summed E-state index contributed by atoms with van der Waals surface area (Å²) in [6.45, 7) is 7.22. The first kappa shape index (κ1) is 24.5. The Balaban J connectivity index is 1.40. The predicted octanol–water partition coefficient (Wildman–Crippen LogP) is 4.46. The van der Waals surface area contributed by atoms with E-state index in [1.54, 1.807) is 12.1 Å². The molecule has 2 aromatic carbocycles. The summed E-state index contributed by atoms with van der Waals surface area (Å²) in [6, 6.07) is 13.5. The summed E-state index contributed by atoms with van der Waals surface area (Å²) in [7, 11) is 0. The van der Waals surface area contributed by atoms with E-state index < -0.39 is 17.7 Å². The van der Waals surface area contributed by atoms with Gasteiger partial charge in [-0.15, -0.1) is 0 Å². The number of nitrogens with one attached hydrogen (secondary N) is 1. The lowest BCUT2D eigenvalue weighted by molar-refractivity contribution is -0.126. The van der Waals surface area contributed by atoms with Gasteiger partial charge in [0.15, 0.2) is 0 Å². The first-order valence-corrected chi connectivity index (χ1v) is 12.0. The number of rotatable bonds is 4. The van der Waals surface area contributed by atoms with Crippen LogP contribution in [0.15, 0.2) is 42.5 Å². The molecule has 4 rings (SSSR count). The Labute approximate surface area is 205 Å². The van der Waals surface area contributed by atoms with Gasteiger partial charge in [0, 0.05) is 25.7 Å². The number of benzene rings is 2. The lowest BCUT2D eigenvalue weighted by Gasteiger charge is -2.28. The molecule has 1 unspecified atom stereocenters. The van der Waals surface area contributed by atoms with Crippen LogP contribution in [0.1, 0.15) is 45.6 Å². The molecule has 1 N–H and O–H groups in total. The van der Waals surface area contributed by atoms with Gasteiger partial charge in [-0.2, -0.15) is 5.26 Å². The molecule has 2 fully saturated rings. The minimum Gasteiger partial charge on any atom is -0.444 e. The fourth-order valence-corrected chi connectivity index (χ4v) is 4.70.